The SMILES string of the molecule is COc1cc(C(=O)O[C@H](C(=O)O)[C@H](OC(=O)c2ccc(OC(C)=O)c(OC)c2)C(=O)NCc2ccccn2)ccc1OC(C)=O. The van der Waals surface area contributed by atoms with Crippen LogP contribution in [0.1, 0.15) is 40.3 Å². The maximum Gasteiger partial charge on any atom is 0.349 e. The first-order valence-corrected chi connectivity index (χ1v) is 13.0. The van der Waals surface area contributed by atoms with Gasteiger partial charge in [0.2, 0.25) is 12.2 Å². The molecule has 0 radical (unpaired) electrons. The molecule has 3 aromatic rings. The highest BCUT2D eigenvalue weighted by Crippen LogP contribution is 2.30. The van der Waals surface area contributed by atoms with Crippen LogP contribution in [0.2, 0.25) is 0 Å². The molecule has 0 aliphatic rings. The molecule has 15 nitrogen and oxygen atoms in total. The molecule has 15 heteroatoms. The predicted molar refractivity (Wildman–Crippen MR) is 151 cm³/mol. The third kappa shape index (κ3) is 9.25. The van der Waals surface area contributed by atoms with Crippen molar-refractivity contribution in [2.75, 3.05) is 14.2 Å². The van der Waals surface area contributed by atoms with Gasteiger partial charge in [-0.15, -0.1) is 0 Å². The molecule has 45 heavy (non-hydrogen) atoms. The maximum absolute atomic E-state index is 13.3. The molecule has 0 saturated carbocycles. The maximum atomic E-state index is 13.3. The number of aromatic nitrogens is 1. The molecule has 0 spiro atoms. The zero-order valence-corrected chi connectivity index (χ0v) is 24.4. The lowest BCUT2D eigenvalue weighted by Gasteiger charge is -2.24. The summed E-state index contributed by atoms with van der Waals surface area (Å²) in [5, 5.41) is 12.4. The van der Waals surface area contributed by atoms with Crippen molar-refractivity contribution in [3.8, 4) is 23.0 Å². The fourth-order valence-electron chi connectivity index (χ4n) is 3.71. The Labute approximate surface area is 256 Å². The monoisotopic (exact) mass is 624 g/mol. The van der Waals surface area contributed by atoms with E-state index in [0.717, 1.165) is 26.0 Å². The van der Waals surface area contributed by atoms with Gasteiger partial charge in [-0.05, 0) is 48.5 Å². The van der Waals surface area contributed by atoms with Gasteiger partial charge in [-0.25, -0.2) is 14.4 Å². The molecule has 2 N–H and O–H groups in total. The molecule has 0 aliphatic heterocycles. The molecule has 0 aliphatic carbocycles. The van der Waals surface area contributed by atoms with Gasteiger partial charge in [0.05, 0.1) is 37.6 Å². The number of amides is 1. The Morgan fingerprint density at radius 3 is 1.67 bits per heavy atom. The summed E-state index contributed by atoms with van der Waals surface area (Å²) in [7, 11) is 2.49. The molecule has 1 aromatic heterocycles. The molecule has 0 unspecified atom stereocenters. The Kier molecular flexibility index (Phi) is 11.5. The lowest BCUT2D eigenvalue weighted by molar-refractivity contribution is -0.159. The van der Waals surface area contributed by atoms with Crippen molar-refractivity contribution in [3.05, 3.63) is 77.6 Å². The van der Waals surface area contributed by atoms with Crippen molar-refractivity contribution in [3.63, 3.8) is 0 Å². The number of hydrogen-bond acceptors (Lipinski definition) is 13. The van der Waals surface area contributed by atoms with Crippen LogP contribution in [0.25, 0.3) is 0 Å². The van der Waals surface area contributed by atoms with Gasteiger partial charge in [0, 0.05) is 20.0 Å². The lowest BCUT2D eigenvalue weighted by atomic mass is 10.1. The standard InChI is InChI=1S/C30H28N2O13/c1-16(33)42-21-10-8-18(13-23(21)40-3)29(38)44-25(27(35)32-15-20-7-5-6-12-31-20)26(28(36)37)45-30(39)19-9-11-22(43-17(2)34)24(14-19)41-4/h5-14,25-26H,15H2,1-4H3,(H,32,35)(H,36,37)/t25-,26-/m0/s1. The molecule has 3 rings (SSSR count). The van der Waals surface area contributed by atoms with Gasteiger partial charge in [0.15, 0.2) is 23.0 Å². The molecule has 0 saturated heterocycles. The summed E-state index contributed by atoms with van der Waals surface area (Å²) in [6.45, 7) is 2.13. The normalized spacial score (nSPS) is 11.6. The van der Waals surface area contributed by atoms with Gasteiger partial charge in [0.1, 0.15) is 0 Å². The van der Waals surface area contributed by atoms with Crippen molar-refractivity contribution in [1.82, 2.24) is 10.3 Å². The summed E-state index contributed by atoms with van der Waals surface area (Å²) in [5.74, 6) is -6.81. The fraction of sp³-hybridized carbons (Fsp3) is 0.233. The summed E-state index contributed by atoms with van der Waals surface area (Å²) < 4.78 is 30.7. The smallest absolute Gasteiger partial charge is 0.349 e. The first-order chi connectivity index (χ1) is 21.4. The molecular formula is C30H28N2O13. The van der Waals surface area contributed by atoms with E-state index >= 15 is 0 Å². The number of carboxylic acids is 1. The second-order valence-corrected chi connectivity index (χ2v) is 8.95. The van der Waals surface area contributed by atoms with E-state index in [1.807, 2.05) is 0 Å². The molecule has 1 amide bonds. The van der Waals surface area contributed by atoms with Crippen molar-refractivity contribution in [2.45, 2.75) is 32.6 Å². The highest BCUT2D eigenvalue weighted by atomic mass is 16.6. The summed E-state index contributed by atoms with van der Waals surface area (Å²) in [5.41, 5.74) is -0.0594. The first-order valence-electron chi connectivity index (χ1n) is 13.0. The highest BCUT2D eigenvalue weighted by Gasteiger charge is 2.41. The number of pyridine rings is 1. The number of aliphatic carboxylic acids is 1. The van der Waals surface area contributed by atoms with Crippen molar-refractivity contribution >= 4 is 35.8 Å². The van der Waals surface area contributed by atoms with E-state index in [1.165, 1.54) is 44.7 Å². The number of nitrogens with zero attached hydrogens (tertiary/aromatic N) is 1. The number of hydrogen-bond donors (Lipinski definition) is 2. The number of carbonyl (C=O) groups excluding carboxylic acids is 5. The zero-order chi connectivity index (χ0) is 33.1. The zero-order valence-electron chi connectivity index (χ0n) is 24.4. The van der Waals surface area contributed by atoms with E-state index in [1.54, 1.807) is 18.2 Å². The largest absolute Gasteiger partial charge is 0.493 e. The van der Waals surface area contributed by atoms with E-state index in [-0.39, 0.29) is 40.7 Å². The predicted octanol–water partition coefficient (Wildman–Crippen LogP) is 2.10. The quantitative estimate of drug-likeness (QED) is 0.207. The van der Waals surface area contributed by atoms with Gasteiger partial charge in [-0.3, -0.25) is 19.4 Å². The summed E-state index contributed by atoms with van der Waals surface area (Å²) in [6, 6.07) is 11.9. The molecule has 1 heterocycles. The van der Waals surface area contributed by atoms with Gasteiger partial charge < -0.3 is 38.8 Å². The van der Waals surface area contributed by atoms with E-state index in [2.05, 4.69) is 10.3 Å². The third-order valence-corrected chi connectivity index (χ3v) is 5.72. The minimum absolute atomic E-state index is 0.0151. The third-order valence-electron chi connectivity index (χ3n) is 5.72. The van der Waals surface area contributed by atoms with E-state index < -0.39 is 48.0 Å². The Morgan fingerprint density at radius 2 is 1.24 bits per heavy atom. The van der Waals surface area contributed by atoms with Crippen LogP contribution in [0.15, 0.2) is 60.8 Å². The van der Waals surface area contributed by atoms with E-state index in [9.17, 15) is 33.9 Å². The minimum Gasteiger partial charge on any atom is -0.493 e. The Bertz CT molecular complexity index is 1590. The van der Waals surface area contributed by atoms with Gasteiger partial charge in [0.25, 0.3) is 5.91 Å². The van der Waals surface area contributed by atoms with Crippen LogP contribution >= 0.6 is 0 Å². The minimum atomic E-state index is -2.34. The van der Waals surface area contributed by atoms with Crippen LogP contribution in [0.5, 0.6) is 23.0 Å². The molecule has 0 fully saturated rings. The van der Waals surface area contributed by atoms with Crippen LogP contribution in [0.4, 0.5) is 0 Å². The summed E-state index contributed by atoms with van der Waals surface area (Å²) in [6.07, 6.45) is -3.08. The number of carboxylic acid groups (broad SMARTS) is 1. The molecule has 236 valence electrons. The second-order valence-electron chi connectivity index (χ2n) is 8.95. The fourth-order valence-corrected chi connectivity index (χ4v) is 3.71. The first kappa shape index (κ1) is 33.5. The average molecular weight is 625 g/mol. The molecular weight excluding hydrogens is 596 g/mol. The van der Waals surface area contributed by atoms with Crippen LogP contribution in [-0.2, 0) is 35.2 Å². The molecule has 2 aromatic carbocycles. The number of carbonyl (C=O) groups is 6. The van der Waals surface area contributed by atoms with E-state index in [0.29, 0.717) is 5.69 Å². The topological polar surface area (TPSA) is 203 Å². The van der Waals surface area contributed by atoms with E-state index in [4.69, 9.17) is 28.4 Å². The molecule has 2 atom stereocenters. The van der Waals surface area contributed by atoms with Crippen molar-refractivity contribution < 1.29 is 62.3 Å². The van der Waals surface area contributed by atoms with Crippen LogP contribution in [0, 0.1) is 0 Å². The number of esters is 4. The highest BCUT2D eigenvalue weighted by molar-refractivity contribution is 5.97. The van der Waals surface area contributed by atoms with Crippen LogP contribution < -0.4 is 24.3 Å². The second kappa shape index (κ2) is 15.5. The van der Waals surface area contributed by atoms with Gasteiger partial charge in [-0.2, -0.15) is 0 Å². The Hall–Kier alpha value is -5.99. The lowest BCUT2D eigenvalue weighted by Crippen LogP contribution is -2.50. The van der Waals surface area contributed by atoms with Gasteiger partial charge >= 0.3 is 29.8 Å². The Morgan fingerprint density at radius 1 is 0.733 bits per heavy atom. The number of nitrogens with one attached hydrogen (secondary N) is 1. The van der Waals surface area contributed by atoms with Crippen molar-refractivity contribution in [1.29, 1.82) is 0 Å². The number of rotatable bonds is 13. The average Bonchev–Trinajstić information content (AvgIpc) is 3.01. The number of methoxy groups -OCH3 is 2. The number of benzene rings is 2. The van der Waals surface area contributed by atoms with Gasteiger partial charge in [-0.1, -0.05) is 6.07 Å². The van der Waals surface area contributed by atoms with Crippen LogP contribution in [0.3, 0.4) is 0 Å². The van der Waals surface area contributed by atoms with Crippen LogP contribution in [-0.4, -0.2) is 72.3 Å². The number of ether oxygens (including phenoxy) is 6. The Balaban J connectivity index is 1.93. The summed E-state index contributed by atoms with van der Waals surface area (Å²) >= 11 is 0. The molecule has 0 bridgehead atoms. The summed E-state index contributed by atoms with van der Waals surface area (Å²) in [4.78, 5) is 78.6. The van der Waals surface area contributed by atoms with Crippen molar-refractivity contribution in [2.24, 2.45) is 0 Å².